The second-order valence-electron chi connectivity index (χ2n) is 4.33. The molecule has 0 fully saturated rings. The summed E-state index contributed by atoms with van der Waals surface area (Å²) in [4.78, 5) is 13.4. The molecular formula is C14H16N3O2+. The molecule has 1 atom stereocenters. The zero-order chi connectivity index (χ0) is 14.3. The molecule has 0 aromatic heterocycles. The molecule has 0 radical (unpaired) electrons. The van der Waals surface area contributed by atoms with E-state index in [0.29, 0.717) is 6.42 Å². The van der Waals surface area contributed by atoms with Gasteiger partial charge in [0.1, 0.15) is 11.1 Å². The molecule has 1 aromatic carbocycles. The highest BCUT2D eigenvalue weighted by Crippen LogP contribution is 2.40. The highest BCUT2D eigenvalue weighted by molar-refractivity contribution is 5.93. The summed E-state index contributed by atoms with van der Waals surface area (Å²) < 4.78 is 0. The molecule has 1 aromatic rings. The summed E-state index contributed by atoms with van der Waals surface area (Å²) in [6, 6.07) is 9.69. The third-order valence-electron chi connectivity index (χ3n) is 3.08. The summed E-state index contributed by atoms with van der Waals surface area (Å²) in [5.74, 6) is -0.771. The van der Waals surface area contributed by atoms with Gasteiger partial charge in [-0.3, -0.25) is 4.79 Å². The molecule has 3 N–H and O–H groups in total. The number of nitrogens with zero attached hydrogens (tertiary/aromatic N) is 1. The Hall–Kier alpha value is -2.52. The number of allylic oxidation sites excluding steroid dienone is 3. The van der Waals surface area contributed by atoms with Crippen LogP contribution in [0.15, 0.2) is 48.6 Å². The van der Waals surface area contributed by atoms with Gasteiger partial charge in [-0.1, -0.05) is 48.6 Å². The molecule has 0 spiro atoms. The van der Waals surface area contributed by atoms with Gasteiger partial charge in [-0.15, -0.1) is 0 Å². The lowest BCUT2D eigenvalue weighted by Gasteiger charge is -2.29. The number of hydrogen-bond acceptors (Lipinski definition) is 3. The van der Waals surface area contributed by atoms with Gasteiger partial charge in [0.2, 0.25) is 4.91 Å². The fraction of sp³-hybridized carbons (Fsp3) is 0.214. The van der Waals surface area contributed by atoms with Crippen molar-refractivity contribution in [3.63, 3.8) is 0 Å². The number of carboxylic acid groups (broad SMARTS) is 1. The highest BCUT2D eigenvalue weighted by Gasteiger charge is 2.37. The molecule has 0 saturated carbocycles. The Balaban J connectivity index is 0.000000550. The molecule has 1 aliphatic carbocycles. The zero-order valence-corrected chi connectivity index (χ0v) is 10.6. The Morgan fingerprint density at radius 2 is 1.89 bits per heavy atom. The van der Waals surface area contributed by atoms with E-state index in [-0.39, 0.29) is 0 Å². The Morgan fingerprint density at radius 3 is 2.42 bits per heavy atom. The van der Waals surface area contributed by atoms with Crippen LogP contribution in [0.1, 0.15) is 18.9 Å². The van der Waals surface area contributed by atoms with Crippen LogP contribution in [-0.2, 0) is 4.79 Å². The number of carboxylic acids is 1. The Labute approximate surface area is 111 Å². The summed E-state index contributed by atoms with van der Waals surface area (Å²) >= 11 is 0. The third kappa shape index (κ3) is 3.24. The minimum atomic E-state index is -0.809. The Morgan fingerprint density at radius 1 is 1.32 bits per heavy atom. The first-order valence-corrected chi connectivity index (χ1v) is 5.75. The lowest BCUT2D eigenvalue weighted by atomic mass is 9.73. The molecular weight excluding hydrogens is 242 g/mol. The van der Waals surface area contributed by atoms with Crippen LogP contribution in [0.5, 0.6) is 0 Å². The van der Waals surface area contributed by atoms with Crippen LogP contribution in [-0.4, -0.2) is 11.1 Å². The third-order valence-corrected chi connectivity index (χ3v) is 3.08. The maximum atomic E-state index is 11.4. The molecule has 1 aliphatic rings. The second-order valence-corrected chi connectivity index (χ2v) is 4.33. The predicted octanol–water partition coefficient (Wildman–Crippen LogP) is 3.24. The monoisotopic (exact) mass is 258 g/mol. The van der Waals surface area contributed by atoms with Crippen LogP contribution < -0.4 is 4.91 Å². The number of hydrogen-bond donors (Lipinski definition) is 3. The van der Waals surface area contributed by atoms with Crippen LogP contribution in [0.2, 0.25) is 0 Å². The van der Waals surface area contributed by atoms with Gasteiger partial charge >= 0.3 is 5.97 Å². The van der Waals surface area contributed by atoms with Crippen molar-refractivity contribution < 1.29 is 9.90 Å². The van der Waals surface area contributed by atoms with Gasteiger partial charge in [0, 0.05) is 0 Å². The lowest BCUT2D eigenvalue weighted by Crippen LogP contribution is -2.29. The van der Waals surface area contributed by atoms with E-state index >= 15 is 0 Å². The second kappa shape index (κ2) is 6.42. The molecule has 98 valence electrons. The van der Waals surface area contributed by atoms with Gasteiger partial charge in [0.25, 0.3) is 0 Å². The lowest BCUT2D eigenvalue weighted by molar-refractivity contribution is -0.144. The van der Waals surface area contributed by atoms with E-state index in [1.165, 1.54) is 0 Å². The minimum absolute atomic E-state index is 0.545. The fourth-order valence-corrected chi connectivity index (χ4v) is 2.00. The summed E-state index contributed by atoms with van der Waals surface area (Å²) in [5.41, 5.74) is 12.1. The predicted molar refractivity (Wildman–Crippen MR) is 71.5 cm³/mol. The minimum Gasteiger partial charge on any atom is -0.481 e. The maximum absolute atomic E-state index is 11.4. The molecule has 0 bridgehead atoms. The van der Waals surface area contributed by atoms with E-state index in [4.69, 9.17) is 11.1 Å². The van der Waals surface area contributed by atoms with Gasteiger partial charge in [0.15, 0.2) is 0 Å². The quantitative estimate of drug-likeness (QED) is 0.560. The zero-order valence-electron chi connectivity index (χ0n) is 10.6. The number of carbonyl (C=O) groups is 1. The van der Waals surface area contributed by atoms with Crippen LogP contribution in [0, 0.1) is 16.5 Å². The molecule has 2 rings (SSSR count). The molecule has 0 heterocycles. The molecule has 19 heavy (non-hydrogen) atoms. The van der Waals surface area contributed by atoms with Crippen LogP contribution in [0.3, 0.4) is 0 Å². The summed E-state index contributed by atoms with van der Waals surface area (Å²) in [6.45, 7) is 1.78. The summed E-state index contributed by atoms with van der Waals surface area (Å²) in [7, 11) is 0. The van der Waals surface area contributed by atoms with Gasteiger partial charge in [-0.2, -0.15) is 0 Å². The van der Waals surface area contributed by atoms with E-state index in [0.717, 1.165) is 11.1 Å². The van der Waals surface area contributed by atoms with E-state index in [1.807, 2.05) is 53.5 Å². The van der Waals surface area contributed by atoms with E-state index in [9.17, 15) is 9.90 Å². The van der Waals surface area contributed by atoms with E-state index in [1.54, 1.807) is 6.92 Å². The number of nitrogens with one attached hydrogen (secondary N) is 2. The average molecular weight is 258 g/mol. The van der Waals surface area contributed by atoms with Crippen LogP contribution in [0.4, 0.5) is 0 Å². The first kappa shape index (κ1) is 14.5. The molecule has 0 amide bonds. The standard InChI is InChI=1S/C14H14O2.H2N3/c1-14(13(15)16)10-6-5-9-12(14)11-7-3-2-4-8-11;1-3-2/h2-9H,10H2,1H3,(H,15,16);1-2H/q;+1. The van der Waals surface area contributed by atoms with Gasteiger partial charge in [-0.25, -0.2) is 0 Å². The summed E-state index contributed by atoms with van der Waals surface area (Å²) in [6.07, 6.45) is 6.27. The number of rotatable bonds is 2. The highest BCUT2D eigenvalue weighted by atomic mass is 16.4. The van der Waals surface area contributed by atoms with Crippen molar-refractivity contribution in [1.29, 1.82) is 11.1 Å². The van der Waals surface area contributed by atoms with Crippen molar-refractivity contribution in [1.82, 2.24) is 4.91 Å². The Bertz CT molecular complexity index is 543. The van der Waals surface area contributed by atoms with Gasteiger partial charge in [-0.05, 0) is 24.5 Å². The molecule has 5 nitrogen and oxygen atoms in total. The normalized spacial score (nSPS) is 20.6. The van der Waals surface area contributed by atoms with Crippen molar-refractivity contribution in [3.8, 4) is 0 Å². The molecule has 5 heteroatoms. The average Bonchev–Trinajstić information content (AvgIpc) is 2.41. The number of benzene rings is 1. The smallest absolute Gasteiger partial charge is 0.314 e. The van der Waals surface area contributed by atoms with Crippen molar-refractivity contribution in [2.24, 2.45) is 5.41 Å². The first-order chi connectivity index (χ1) is 9.06. The van der Waals surface area contributed by atoms with Crippen LogP contribution >= 0.6 is 0 Å². The molecule has 1 unspecified atom stereocenters. The van der Waals surface area contributed by atoms with Gasteiger partial charge < -0.3 is 5.11 Å². The van der Waals surface area contributed by atoms with Gasteiger partial charge in [0.05, 0.1) is 5.41 Å². The van der Waals surface area contributed by atoms with Crippen molar-refractivity contribution >= 4 is 11.5 Å². The van der Waals surface area contributed by atoms with Crippen molar-refractivity contribution in [3.05, 3.63) is 54.1 Å². The fourth-order valence-electron chi connectivity index (χ4n) is 2.00. The molecule has 0 aliphatic heterocycles. The summed E-state index contributed by atoms with van der Waals surface area (Å²) in [5, 5.41) is 9.35. The van der Waals surface area contributed by atoms with Crippen LogP contribution in [0.25, 0.3) is 5.57 Å². The largest absolute Gasteiger partial charge is 0.481 e. The topological polar surface area (TPSA) is 99.1 Å². The van der Waals surface area contributed by atoms with E-state index < -0.39 is 11.4 Å². The first-order valence-electron chi connectivity index (χ1n) is 5.75. The SMILES string of the molecule is CC1(C(=O)O)CC=CC=C1c1ccccc1.N=[N+]=N. The number of aliphatic carboxylic acids is 1. The van der Waals surface area contributed by atoms with E-state index in [2.05, 4.69) is 0 Å². The van der Waals surface area contributed by atoms with Crippen molar-refractivity contribution in [2.45, 2.75) is 13.3 Å². The molecule has 0 saturated heterocycles. The van der Waals surface area contributed by atoms with Crippen molar-refractivity contribution in [2.75, 3.05) is 0 Å². The Kier molecular flexibility index (Phi) is 4.92. The maximum Gasteiger partial charge on any atom is 0.314 e.